The molecular formula is C12H14BrNS. The van der Waals surface area contributed by atoms with E-state index in [1.54, 1.807) is 11.3 Å². The summed E-state index contributed by atoms with van der Waals surface area (Å²) in [5, 5.41) is 3.23. The molecule has 80 valence electrons. The average Bonchev–Trinajstić information content (AvgIpc) is 2.65. The number of aromatic nitrogens is 1. The van der Waals surface area contributed by atoms with Crippen LogP contribution in [-0.2, 0) is 6.42 Å². The molecule has 3 heteroatoms. The molecule has 1 nitrogen and oxygen atoms in total. The Bertz CT molecular complexity index is 419. The second-order valence-electron chi connectivity index (χ2n) is 3.30. The van der Waals surface area contributed by atoms with E-state index in [4.69, 9.17) is 0 Å². The zero-order chi connectivity index (χ0) is 9.97. The maximum absolute atomic E-state index is 4.45. The fourth-order valence-corrected chi connectivity index (χ4v) is 2.03. The summed E-state index contributed by atoms with van der Waals surface area (Å²) in [7, 11) is 0. The Morgan fingerprint density at radius 1 is 1.20 bits per heavy atom. The van der Waals surface area contributed by atoms with Crippen molar-refractivity contribution in [3.8, 4) is 11.3 Å². The van der Waals surface area contributed by atoms with Gasteiger partial charge < -0.3 is 0 Å². The summed E-state index contributed by atoms with van der Waals surface area (Å²) in [6.07, 6.45) is 1.09. The van der Waals surface area contributed by atoms with Crippen molar-refractivity contribution in [1.82, 2.24) is 4.98 Å². The zero-order valence-corrected chi connectivity index (χ0v) is 11.4. The van der Waals surface area contributed by atoms with Gasteiger partial charge in [-0.05, 0) is 18.9 Å². The Labute approximate surface area is 105 Å². The van der Waals surface area contributed by atoms with Crippen molar-refractivity contribution in [3.63, 3.8) is 0 Å². The van der Waals surface area contributed by atoms with Gasteiger partial charge in [-0.1, -0.05) is 31.2 Å². The van der Waals surface area contributed by atoms with Gasteiger partial charge in [0, 0.05) is 10.9 Å². The van der Waals surface area contributed by atoms with E-state index in [0.29, 0.717) is 0 Å². The molecule has 0 saturated carbocycles. The Kier molecular flexibility index (Phi) is 4.48. The van der Waals surface area contributed by atoms with Gasteiger partial charge in [0.05, 0.1) is 10.7 Å². The first-order valence-corrected chi connectivity index (χ1v) is 5.69. The normalized spacial score (nSPS) is 9.73. The Hall–Kier alpha value is -0.670. The van der Waals surface area contributed by atoms with Crippen molar-refractivity contribution in [2.45, 2.75) is 20.3 Å². The number of hydrogen-bond acceptors (Lipinski definition) is 2. The third kappa shape index (κ3) is 2.89. The van der Waals surface area contributed by atoms with E-state index in [9.17, 15) is 0 Å². The number of benzene rings is 1. The van der Waals surface area contributed by atoms with E-state index in [1.165, 1.54) is 11.1 Å². The molecule has 0 radical (unpaired) electrons. The summed E-state index contributed by atoms with van der Waals surface area (Å²) >= 11 is 1.70. The fraction of sp³-hybridized carbons (Fsp3) is 0.250. The standard InChI is InChI=1S/C12H13NS.BrH/c1-3-10-4-6-11(7-5-10)12-8-14-9(2)13-12;/h4-8H,3H2,1-2H3;1H. The molecule has 0 atom stereocenters. The highest BCUT2D eigenvalue weighted by Gasteiger charge is 2.00. The topological polar surface area (TPSA) is 12.9 Å². The summed E-state index contributed by atoms with van der Waals surface area (Å²) in [6, 6.07) is 8.63. The third-order valence-electron chi connectivity index (χ3n) is 2.28. The van der Waals surface area contributed by atoms with Crippen LogP contribution >= 0.6 is 28.3 Å². The van der Waals surface area contributed by atoms with Gasteiger partial charge in [-0.3, -0.25) is 0 Å². The first-order chi connectivity index (χ1) is 6.79. The lowest BCUT2D eigenvalue weighted by atomic mass is 10.1. The Balaban J connectivity index is 0.00000112. The van der Waals surface area contributed by atoms with Gasteiger partial charge >= 0.3 is 0 Å². The first-order valence-electron chi connectivity index (χ1n) is 4.81. The molecule has 2 rings (SSSR count). The second-order valence-corrected chi connectivity index (χ2v) is 4.36. The minimum absolute atomic E-state index is 0. The molecule has 0 fully saturated rings. The molecule has 0 aliphatic rings. The molecule has 1 heterocycles. The Morgan fingerprint density at radius 2 is 1.87 bits per heavy atom. The molecular weight excluding hydrogens is 270 g/mol. The SMILES string of the molecule is Br.CCc1ccc(-c2csc(C)n2)cc1. The molecule has 2 aromatic rings. The van der Waals surface area contributed by atoms with Gasteiger partial charge in [-0.2, -0.15) is 0 Å². The van der Waals surface area contributed by atoms with Crippen LogP contribution in [0.5, 0.6) is 0 Å². The molecule has 0 unspecified atom stereocenters. The van der Waals surface area contributed by atoms with Crippen LogP contribution < -0.4 is 0 Å². The van der Waals surface area contributed by atoms with Crippen LogP contribution in [-0.4, -0.2) is 4.98 Å². The van der Waals surface area contributed by atoms with E-state index in [2.05, 4.69) is 41.6 Å². The summed E-state index contributed by atoms with van der Waals surface area (Å²) in [4.78, 5) is 4.45. The lowest BCUT2D eigenvalue weighted by molar-refractivity contribution is 1.14. The van der Waals surface area contributed by atoms with Crippen molar-refractivity contribution in [1.29, 1.82) is 0 Å². The van der Waals surface area contributed by atoms with E-state index in [-0.39, 0.29) is 17.0 Å². The number of thiazole rings is 1. The highest BCUT2D eigenvalue weighted by atomic mass is 79.9. The molecule has 0 amide bonds. The summed E-state index contributed by atoms with van der Waals surface area (Å²) in [6.45, 7) is 4.20. The highest BCUT2D eigenvalue weighted by Crippen LogP contribution is 2.21. The van der Waals surface area contributed by atoms with Crippen LogP contribution in [0.3, 0.4) is 0 Å². The highest BCUT2D eigenvalue weighted by molar-refractivity contribution is 8.93. The van der Waals surface area contributed by atoms with Crippen LogP contribution in [0, 0.1) is 6.92 Å². The number of nitrogens with zero attached hydrogens (tertiary/aromatic N) is 1. The van der Waals surface area contributed by atoms with Crippen molar-refractivity contribution >= 4 is 28.3 Å². The third-order valence-corrected chi connectivity index (χ3v) is 3.05. The number of aryl methyl sites for hydroxylation is 2. The van der Waals surface area contributed by atoms with Crippen LogP contribution in [0.1, 0.15) is 17.5 Å². The van der Waals surface area contributed by atoms with Gasteiger partial charge in [-0.15, -0.1) is 28.3 Å². The van der Waals surface area contributed by atoms with Gasteiger partial charge in [0.2, 0.25) is 0 Å². The predicted octanol–water partition coefficient (Wildman–Crippen LogP) is 4.26. The van der Waals surface area contributed by atoms with Gasteiger partial charge in [-0.25, -0.2) is 4.98 Å². The smallest absolute Gasteiger partial charge is 0.0901 e. The van der Waals surface area contributed by atoms with E-state index >= 15 is 0 Å². The number of halogens is 1. The predicted molar refractivity (Wildman–Crippen MR) is 72.0 cm³/mol. The maximum Gasteiger partial charge on any atom is 0.0901 e. The molecule has 0 N–H and O–H groups in total. The van der Waals surface area contributed by atoms with Crippen LogP contribution in [0.4, 0.5) is 0 Å². The molecule has 0 spiro atoms. The van der Waals surface area contributed by atoms with Crippen molar-refractivity contribution in [3.05, 3.63) is 40.2 Å². The zero-order valence-electron chi connectivity index (χ0n) is 8.86. The van der Waals surface area contributed by atoms with Crippen molar-refractivity contribution in [2.24, 2.45) is 0 Å². The molecule has 0 bridgehead atoms. The number of hydrogen-bond donors (Lipinski definition) is 0. The molecule has 15 heavy (non-hydrogen) atoms. The molecule has 1 aromatic heterocycles. The molecule has 1 aromatic carbocycles. The summed E-state index contributed by atoms with van der Waals surface area (Å²) < 4.78 is 0. The summed E-state index contributed by atoms with van der Waals surface area (Å²) in [5.74, 6) is 0. The monoisotopic (exact) mass is 283 g/mol. The quantitative estimate of drug-likeness (QED) is 0.803. The Morgan fingerprint density at radius 3 is 2.33 bits per heavy atom. The van der Waals surface area contributed by atoms with E-state index in [0.717, 1.165) is 17.1 Å². The fourth-order valence-electron chi connectivity index (χ4n) is 1.41. The maximum atomic E-state index is 4.45. The van der Waals surface area contributed by atoms with E-state index < -0.39 is 0 Å². The van der Waals surface area contributed by atoms with Gasteiger partial charge in [0.25, 0.3) is 0 Å². The average molecular weight is 284 g/mol. The van der Waals surface area contributed by atoms with Crippen LogP contribution in [0.15, 0.2) is 29.6 Å². The van der Waals surface area contributed by atoms with E-state index in [1.807, 2.05) is 6.92 Å². The largest absolute Gasteiger partial charge is 0.242 e. The molecule has 0 saturated heterocycles. The molecule has 0 aliphatic heterocycles. The minimum Gasteiger partial charge on any atom is -0.242 e. The summed E-state index contributed by atoms with van der Waals surface area (Å²) in [5.41, 5.74) is 3.68. The number of rotatable bonds is 2. The lowest BCUT2D eigenvalue weighted by Gasteiger charge is -1.98. The van der Waals surface area contributed by atoms with Crippen LogP contribution in [0.2, 0.25) is 0 Å². The second kappa shape index (κ2) is 5.42. The minimum atomic E-state index is 0. The molecule has 0 aliphatic carbocycles. The van der Waals surface area contributed by atoms with Gasteiger partial charge in [0.1, 0.15) is 0 Å². The lowest BCUT2D eigenvalue weighted by Crippen LogP contribution is -1.81. The van der Waals surface area contributed by atoms with Gasteiger partial charge in [0.15, 0.2) is 0 Å². The van der Waals surface area contributed by atoms with Crippen molar-refractivity contribution in [2.75, 3.05) is 0 Å². The van der Waals surface area contributed by atoms with Crippen LogP contribution in [0.25, 0.3) is 11.3 Å². The van der Waals surface area contributed by atoms with Crippen molar-refractivity contribution < 1.29 is 0 Å². The first kappa shape index (κ1) is 12.4.